The van der Waals surface area contributed by atoms with Crippen molar-refractivity contribution >= 4 is 23.4 Å². The van der Waals surface area contributed by atoms with E-state index < -0.39 is 5.97 Å². The molecule has 0 atom stereocenters. The molecular weight excluding hydrogens is 490 g/mol. The van der Waals surface area contributed by atoms with Gasteiger partial charge in [0.25, 0.3) is 0 Å². The summed E-state index contributed by atoms with van der Waals surface area (Å²) in [6.07, 6.45) is 3.31. The second kappa shape index (κ2) is 9.20. The lowest BCUT2D eigenvalue weighted by Gasteiger charge is -2.12. The number of hydrogen-bond donors (Lipinski definition) is 1. The number of aromatic carboxylic acids is 1. The molecule has 2 aliphatic carbocycles. The third-order valence-corrected chi connectivity index (χ3v) is 7.51. The number of carboxylic acids is 1. The molecule has 0 aliphatic heterocycles. The Morgan fingerprint density at radius 1 is 1.08 bits per heavy atom. The van der Waals surface area contributed by atoms with Crippen LogP contribution in [0.1, 0.15) is 73.1 Å². The minimum Gasteiger partial charge on any atom is -0.489 e. The van der Waals surface area contributed by atoms with Crippen molar-refractivity contribution in [1.82, 2.24) is 5.16 Å². The van der Waals surface area contributed by atoms with Gasteiger partial charge < -0.3 is 14.4 Å². The Bertz CT molecular complexity index is 1550. The topological polar surface area (TPSA) is 89.6 Å². The summed E-state index contributed by atoms with van der Waals surface area (Å²) in [7, 11) is 0. The van der Waals surface area contributed by atoms with Gasteiger partial charge in [-0.25, -0.2) is 4.79 Å². The fourth-order valence-corrected chi connectivity index (χ4v) is 5.38. The smallest absolute Gasteiger partial charge is 0.335 e. The van der Waals surface area contributed by atoms with Crippen LogP contribution < -0.4 is 4.74 Å². The third kappa shape index (κ3) is 4.31. The first-order chi connectivity index (χ1) is 17.9. The molecule has 1 heterocycles. The first-order valence-corrected chi connectivity index (χ1v) is 12.7. The predicted octanol–water partition coefficient (Wildman–Crippen LogP) is 6.79. The number of ether oxygens (including phenoxy) is 1. The van der Waals surface area contributed by atoms with Crippen molar-refractivity contribution in [2.45, 2.75) is 45.1 Å². The predicted molar refractivity (Wildman–Crippen MR) is 139 cm³/mol. The minimum absolute atomic E-state index is 0.0995. The normalized spacial score (nSPS) is 14.6. The number of fused-ring (bicyclic) bond motifs is 2. The summed E-state index contributed by atoms with van der Waals surface area (Å²) < 4.78 is 12.0. The molecule has 6 nitrogen and oxygen atoms in total. The lowest BCUT2D eigenvalue weighted by Crippen LogP contribution is -2.06. The van der Waals surface area contributed by atoms with Gasteiger partial charge >= 0.3 is 5.97 Å². The summed E-state index contributed by atoms with van der Waals surface area (Å²) in [5.41, 5.74) is 6.46. The Kier molecular flexibility index (Phi) is 5.84. The van der Waals surface area contributed by atoms with Crippen LogP contribution in [0.15, 0.2) is 59.1 Å². The van der Waals surface area contributed by atoms with E-state index in [9.17, 15) is 14.7 Å². The monoisotopic (exact) mass is 513 g/mol. The Morgan fingerprint density at radius 3 is 2.51 bits per heavy atom. The van der Waals surface area contributed by atoms with Gasteiger partial charge in [0.15, 0.2) is 5.78 Å². The number of nitrogens with zero attached hydrogens (tertiary/aromatic N) is 1. The summed E-state index contributed by atoms with van der Waals surface area (Å²) in [4.78, 5) is 24.6. The Morgan fingerprint density at radius 2 is 1.81 bits per heavy atom. The van der Waals surface area contributed by atoms with E-state index in [0.717, 1.165) is 46.4 Å². The molecule has 7 heteroatoms. The number of benzene rings is 3. The molecule has 1 fully saturated rings. The van der Waals surface area contributed by atoms with Crippen molar-refractivity contribution in [2.24, 2.45) is 0 Å². The largest absolute Gasteiger partial charge is 0.489 e. The van der Waals surface area contributed by atoms with E-state index in [0.29, 0.717) is 46.4 Å². The van der Waals surface area contributed by atoms with Crippen LogP contribution in [0.2, 0.25) is 5.02 Å². The van der Waals surface area contributed by atoms with E-state index >= 15 is 0 Å². The van der Waals surface area contributed by atoms with E-state index in [-0.39, 0.29) is 18.0 Å². The second-order valence-electron chi connectivity index (χ2n) is 9.69. The van der Waals surface area contributed by atoms with Crippen LogP contribution in [0, 0.1) is 6.92 Å². The first-order valence-electron chi connectivity index (χ1n) is 12.3. The number of halogens is 1. The highest BCUT2D eigenvalue weighted by Crippen LogP contribution is 2.45. The molecule has 1 N–H and O–H groups in total. The highest BCUT2D eigenvalue weighted by atomic mass is 35.5. The molecule has 0 radical (unpaired) electrons. The van der Waals surface area contributed by atoms with Gasteiger partial charge in [-0.05, 0) is 91.8 Å². The van der Waals surface area contributed by atoms with E-state index in [1.165, 1.54) is 6.07 Å². The van der Waals surface area contributed by atoms with Crippen LogP contribution in [0.4, 0.5) is 0 Å². The molecule has 0 unspecified atom stereocenters. The number of carbonyl (C=O) groups is 2. The van der Waals surface area contributed by atoms with Gasteiger partial charge in [0.1, 0.15) is 23.8 Å². The zero-order valence-electron chi connectivity index (χ0n) is 20.2. The van der Waals surface area contributed by atoms with Crippen LogP contribution in [0.25, 0.3) is 11.3 Å². The average molecular weight is 514 g/mol. The van der Waals surface area contributed by atoms with Gasteiger partial charge in [-0.1, -0.05) is 28.9 Å². The number of carbonyl (C=O) groups excluding carboxylic acids is 1. The van der Waals surface area contributed by atoms with Gasteiger partial charge in [0, 0.05) is 22.6 Å². The minimum atomic E-state index is -1.00. The summed E-state index contributed by atoms with van der Waals surface area (Å²) in [5.74, 6) is 0.745. The lowest BCUT2D eigenvalue weighted by atomic mass is 9.97. The zero-order valence-corrected chi connectivity index (χ0v) is 21.0. The highest BCUT2D eigenvalue weighted by molar-refractivity contribution is 6.33. The molecule has 3 aromatic carbocycles. The number of ketones is 1. The van der Waals surface area contributed by atoms with Gasteiger partial charge in [0.05, 0.1) is 16.1 Å². The van der Waals surface area contributed by atoms with Crippen molar-refractivity contribution < 1.29 is 24.0 Å². The average Bonchev–Trinajstić information content (AvgIpc) is 3.67. The van der Waals surface area contributed by atoms with Crippen LogP contribution in [0.3, 0.4) is 0 Å². The standard InChI is InChI=1S/C30H24ClNO5/c1-16-3-2-4-25(31)26(16)27-24(29(37-32-27)17-5-6-17)15-36-21-10-12-23-19(14-21)8-7-18-13-20(30(34)35)9-11-22(18)28(23)33/h2-4,9-14,17H,5-8,15H2,1H3,(H,34,35). The molecular formula is C30H24ClNO5. The molecule has 2 aliphatic rings. The van der Waals surface area contributed by atoms with Crippen molar-refractivity contribution in [1.29, 1.82) is 0 Å². The van der Waals surface area contributed by atoms with Crippen LogP contribution in [-0.4, -0.2) is 22.0 Å². The maximum Gasteiger partial charge on any atom is 0.335 e. The van der Waals surface area contributed by atoms with Crippen molar-refractivity contribution in [3.8, 4) is 17.0 Å². The SMILES string of the molecule is Cc1cccc(Cl)c1-c1noc(C2CC2)c1COc1ccc2c(c1)CCc1cc(C(=O)O)ccc1C2=O. The number of rotatable bonds is 6. The molecule has 6 rings (SSSR count). The van der Waals surface area contributed by atoms with Crippen molar-refractivity contribution in [2.75, 3.05) is 0 Å². The highest BCUT2D eigenvalue weighted by Gasteiger charge is 2.33. The first kappa shape index (κ1) is 23.5. The molecule has 0 amide bonds. The second-order valence-corrected chi connectivity index (χ2v) is 10.1. The van der Waals surface area contributed by atoms with Gasteiger partial charge in [-0.3, -0.25) is 4.79 Å². The molecule has 0 bridgehead atoms. The lowest BCUT2D eigenvalue weighted by molar-refractivity contribution is 0.0696. The molecule has 186 valence electrons. The summed E-state index contributed by atoms with van der Waals surface area (Å²) in [6.45, 7) is 2.27. The van der Waals surface area contributed by atoms with E-state index in [4.69, 9.17) is 20.9 Å². The number of aromatic nitrogens is 1. The van der Waals surface area contributed by atoms with Gasteiger partial charge in [-0.2, -0.15) is 0 Å². The van der Waals surface area contributed by atoms with Gasteiger partial charge in [0.2, 0.25) is 0 Å². The van der Waals surface area contributed by atoms with Crippen LogP contribution in [-0.2, 0) is 19.4 Å². The van der Waals surface area contributed by atoms with Crippen molar-refractivity contribution in [3.63, 3.8) is 0 Å². The van der Waals surface area contributed by atoms with E-state index in [2.05, 4.69) is 5.16 Å². The summed E-state index contributed by atoms with van der Waals surface area (Å²) in [5, 5.41) is 14.3. The van der Waals surface area contributed by atoms with Crippen molar-refractivity contribution in [3.05, 3.63) is 104 Å². The van der Waals surface area contributed by atoms with Crippen LogP contribution >= 0.6 is 11.6 Å². The van der Waals surface area contributed by atoms with E-state index in [1.807, 2.05) is 31.2 Å². The number of aryl methyl sites for hydroxylation is 3. The molecule has 1 aromatic heterocycles. The molecule has 0 saturated heterocycles. The number of hydrogen-bond acceptors (Lipinski definition) is 5. The molecule has 1 saturated carbocycles. The Labute approximate surface area is 218 Å². The maximum atomic E-state index is 13.2. The van der Waals surface area contributed by atoms with Crippen LogP contribution in [0.5, 0.6) is 5.75 Å². The zero-order chi connectivity index (χ0) is 25.7. The third-order valence-electron chi connectivity index (χ3n) is 7.19. The summed E-state index contributed by atoms with van der Waals surface area (Å²) >= 11 is 6.54. The van der Waals surface area contributed by atoms with Gasteiger partial charge in [-0.15, -0.1) is 0 Å². The molecule has 37 heavy (non-hydrogen) atoms. The molecule has 0 spiro atoms. The summed E-state index contributed by atoms with van der Waals surface area (Å²) in [6, 6.07) is 16.0. The maximum absolute atomic E-state index is 13.2. The quantitative estimate of drug-likeness (QED) is 0.305. The number of carboxylic acid groups (broad SMARTS) is 1. The Balaban J connectivity index is 1.29. The fraction of sp³-hybridized carbons (Fsp3) is 0.233. The fourth-order valence-electron chi connectivity index (χ4n) is 5.07. The Hall–Kier alpha value is -3.90. The molecule has 4 aromatic rings. The van der Waals surface area contributed by atoms with E-state index in [1.54, 1.807) is 24.3 Å².